The second-order valence-corrected chi connectivity index (χ2v) is 7.69. The van der Waals surface area contributed by atoms with Crippen LogP contribution in [0.4, 0.5) is 0 Å². The molecule has 0 saturated carbocycles. The van der Waals surface area contributed by atoms with Gasteiger partial charge in [0.2, 0.25) is 0 Å². The lowest BCUT2D eigenvalue weighted by atomic mass is 9.70. The minimum atomic E-state index is -0.425. The number of fused-ring (bicyclic) bond motifs is 1. The van der Waals surface area contributed by atoms with Crippen molar-refractivity contribution in [3.8, 4) is 0 Å². The zero-order valence-corrected chi connectivity index (χ0v) is 17.7. The molecule has 29 heavy (non-hydrogen) atoms. The summed E-state index contributed by atoms with van der Waals surface area (Å²) in [5.41, 5.74) is 4.67. The van der Waals surface area contributed by atoms with Crippen LogP contribution in [0.1, 0.15) is 43.4 Å². The average molecular weight is 383 g/mol. The number of nitrogens with zero attached hydrogens (tertiary/aromatic N) is 1. The zero-order chi connectivity index (χ0) is 20.3. The summed E-state index contributed by atoms with van der Waals surface area (Å²) in [6, 6.07) is 30.6. The third kappa shape index (κ3) is 3.33. The van der Waals surface area contributed by atoms with Gasteiger partial charge in [-0.3, -0.25) is 0 Å². The largest absolute Gasteiger partial charge is 0.420 e. The second kappa shape index (κ2) is 8.56. The molecular weight excluding hydrogens is 353 g/mol. The van der Waals surface area contributed by atoms with Crippen molar-refractivity contribution in [3.63, 3.8) is 0 Å². The summed E-state index contributed by atoms with van der Waals surface area (Å²) in [5, 5.41) is 0. The third-order valence-corrected chi connectivity index (χ3v) is 6.22. The molecule has 0 bridgehead atoms. The van der Waals surface area contributed by atoms with Gasteiger partial charge in [0.05, 0.1) is 0 Å². The highest BCUT2D eigenvalue weighted by Gasteiger charge is 2.59. The minimum Gasteiger partial charge on any atom is -0.402 e. The van der Waals surface area contributed by atoms with Gasteiger partial charge in [-0.05, 0) is 42.9 Å². The molecule has 0 aliphatic carbocycles. The maximum Gasteiger partial charge on any atom is 0.420 e. The van der Waals surface area contributed by atoms with Gasteiger partial charge < -0.3 is 9.47 Å². The molecule has 0 aromatic heterocycles. The van der Waals surface area contributed by atoms with Crippen LogP contribution in [0.25, 0.3) is 0 Å². The van der Waals surface area contributed by atoms with Gasteiger partial charge in [-0.1, -0.05) is 104 Å². The Morgan fingerprint density at radius 2 is 1.38 bits per heavy atom. The number of rotatable bonds is 3. The fraction of sp³-hybridized carbons (Fsp3) is 0.308. The van der Waals surface area contributed by atoms with Crippen LogP contribution < -0.4 is 5.46 Å². The lowest BCUT2D eigenvalue weighted by molar-refractivity contribution is 0.106. The topological polar surface area (TPSA) is 12.5 Å². The van der Waals surface area contributed by atoms with E-state index in [0.29, 0.717) is 6.04 Å². The van der Waals surface area contributed by atoms with Crippen LogP contribution in [0.5, 0.6) is 0 Å². The molecule has 2 nitrogen and oxygen atoms in total. The van der Waals surface area contributed by atoms with E-state index in [1.54, 1.807) is 0 Å². The molecule has 2 heterocycles. The highest BCUT2D eigenvalue weighted by atomic mass is 16.5. The molecule has 0 spiro atoms. The minimum absolute atomic E-state index is 0.000822. The van der Waals surface area contributed by atoms with Gasteiger partial charge >= 0.3 is 7.05 Å². The maximum atomic E-state index is 7.08. The van der Waals surface area contributed by atoms with Crippen molar-refractivity contribution >= 4 is 12.5 Å². The molecule has 148 valence electrons. The van der Waals surface area contributed by atoms with E-state index in [1.807, 2.05) is 13.8 Å². The molecule has 0 N–H and O–H groups in total. The molecule has 2 fully saturated rings. The summed E-state index contributed by atoms with van der Waals surface area (Å²) in [7, 11) is -0.000822. The molecule has 5 rings (SSSR count). The molecule has 3 aromatic rings. The molecule has 2 saturated heterocycles. The van der Waals surface area contributed by atoms with Crippen molar-refractivity contribution in [2.75, 3.05) is 6.54 Å². The first-order valence-corrected chi connectivity index (χ1v) is 10.9. The van der Waals surface area contributed by atoms with Crippen LogP contribution >= 0.6 is 0 Å². The van der Waals surface area contributed by atoms with Crippen LogP contribution in [0.2, 0.25) is 0 Å². The maximum absolute atomic E-state index is 7.08. The van der Waals surface area contributed by atoms with E-state index >= 15 is 0 Å². The van der Waals surface area contributed by atoms with Gasteiger partial charge in [-0.2, -0.15) is 0 Å². The Hall–Kier alpha value is -2.36. The summed E-state index contributed by atoms with van der Waals surface area (Å²) in [5.74, 6) is 0. The standard InChI is InChI=1S/C24H24BNO.C2H6/c1-19-11-8-9-16-22(19)25-26-18-10-17-23(26)24(27-25,20-12-4-2-5-13-20)21-14-6-3-7-15-21;1-2/h2-9,11-16,23H,10,17-18H2,1H3;1-2H3. The Morgan fingerprint density at radius 3 is 1.97 bits per heavy atom. The van der Waals surface area contributed by atoms with Crippen LogP contribution in [-0.2, 0) is 10.3 Å². The van der Waals surface area contributed by atoms with Crippen molar-refractivity contribution in [2.24, 2.45) is 0 Å². The van der Waals surface area contributed by atoms with Crippen LogP contribution in [0, 0.1) is 6.92 Å². The summed E-state index contributed by atoms with van der Waals surface area (Å²) < 4.78 is 7.08. The van der Waals surface area contributed by atoms with Crippen LogP contribution in [0.15, 0.2) is 84.9 Å². The third-order valence-electron chi connectivity index (χ3n) is 6.22. The number of aryl methyl sites for hydroxylation is 1. The Balaban J connectivity index is 0.000000994. The lowest BCUT2D eigenvalue weighted by Crippen LogP contribution is -2.46. The first kappa shape index (κ1) is 19.9. The molecule has 2 aliphatic rings. The van der Waals surface area contributed by atoms with E-state index in [0.717, 1.165) is 13.0 Å². The molecule has 1 unspecified atom stereocenters. The van der Waals surface area contributed by atoms with Crippen LogP contribution in [-0.4, -0.2) is 24.4 Å². The average Bonchev–Trinajstić information content (AvgIpc) is 3.39. The lowest BCUT2D eigenvalue weighted by Gasteiger charge is -2.36. The summed E-state index contributed by atoms with van der Waals surface area (Å²) in [6.07, 6.45) is 2.38. The van der Waals surface area contributed by atoms with E-state index in [9.17, 15) is 0 Å². The Labute approximate surface area is 175 Å². The highest BCUT2D eigenvalue weighted by Crippen LogP contribution is 2.48. The first-order chi connectivity index (χ1) is 14.3. The van der Waals surface area contributed by atoms with Crippen LogP contribution in [0.3, 0.4) is 0 Å². The smallest absolute Gasteiger partial charge is 0.402 e. The van der Waals surface area contributed by atoms with Crippen molar-refractivity contribution in [3.05, 3.63) is 102 Å². The quantitative estimate of drug-likeness (QED) is 0.580. The molecule has 3 heteroatoms. The molecule has 3 aromatic carbocycles. The Bertz CT molecular complexity index is 888. The van der Waals surface area contributed by atoms with Crippen molar-refractivity contribution in [2.45, 2.75) is 45.3 Å². The molecule has 2 aliphatic heterocycles. The second-order valence-electron chi connectivity index (χ2n) is 7.69. The fourth-order valence-electron chi connectivity index (χ4n) is 4.99. The fourth-order valence-corrected chi connectivity index (χ4v) is 4.99. The highest BCUT2D eigenvalue weighted by molar-refractivity contribution is 6.66. The normalized spacial score (nSPS) is 20.1. The van der Waals surface area contributed by atoms with Gasteiger partial charge in [0.15, 0.2) is 0 Å². The van der Waals surface area contributed by atoms with Crippen molar-refractivity contribution in [1.29, 1.82) is 0 Å². The molecule has 0 amide bonds. The Kier molecular flexibility index (Phi) is 5.89. The number of benzene rings is 3. The van der Waals surface area contributed by atoms with E-state index < -0.39 is 5.60 Å². The summed E-state index contributed by atoms with van der Waals surface area (Å²) in [4.78, 5) is 2.59. The van der Waals surface area contributed by atoms with Gasteiger partial charge in [-0.15, -0.1) is 0 Å². The monoisotopic (exact) mass is 383 g/mol. The van der Waals surface area contributed by atoms with Crippen molar-refractivity contribution < 1.29 is 4.65 Å². The first-order valence-electron chi connectivity index (χ1n) is 10.9. The number of hydrogen-bond acceptors (Lipinski definition) is 2. The van der Waals surface area contributed by atoms with E-state index in [2.05, 4.69) is 96.7 Å². The van der Waals surface area contributed by atoms with Gasteiger partial charge in [0.1, 0.15) is 5.60 Å². The van der Waals surface area contributed by atoms with E-state index in [4.69, 9.17) is 4.65 Å². The van der Waals surface area contributed by atoms with E-state index in [1.165, 1.54) is 28.6 Å². The predicted molar refractivity (Wildman–Crippen MR) is 122 cm³/mol. The molecule has 0 radical (unpaired) electrons. The summed E-state index contributed by atoms with van der Waals surface area (Å²) in [6.45, 7) is 7.28. The Morgan fingerprint density at radius 1 is 0.828 bits per heavy atom. The summed E-state index contributed by atoms with van der Waals surface area (Å²) >= 11 is 0. The zero-order valence-electron chi connectivity index (χ0n) is 17.7. The van der Waals surface area contributed by atoms with Gasteiger partial charge in [-0.25, -0.2) is 0 Å². The molecule has 1 atom stereocenters. The van der Waals surface area contributed by atoms with Gasteiger partial charge in [0, 0.05) is 6.04 Å². The SMILES string of the molecule is CC.Cc1ccccc1B1OC(c2ccccc2)(c2ccccc2)C2CCCN12. The molecular formula is C26H30BNO. The van der Waals surface area contributed by atoms with E-state index in [-0.39, 0.29) is 7.05 Å². The predicted octanol–water partition coefficient (Wildman–Crippen LogP) is 5.15. The number of hydrogen-bond donors (Lipinski definition) is 0. The van der Waals surface area contributed by atoms with Gasteiger partial charge in [0.25, 0.3) is 0 Å². The van der Waals surface area contributed by atoms with Crippen molar-refractivity contribution in [1.82, 2.24) is 4.81 Å².